The molecule has 2 saturated carbocycles. The van der Waals surface area contributed by atoms with Crippen molar-refractivity contribution in [1.29, 1.82) is 0 Å². The van der Waals surface area contributed by atoms with Crippen molar-refractivity contribution in [3.05, 3.63) is 0 Å². The Kier molecular flexibility index (Phi) is 7.06. The summed E-state index contributed by atoms with van der Waals surface area (Å²) in [5, 5.41) is 14.8. The predicted octanol–water partition coefficient (Wildman–Crippen LogP) is 2.22. The molecule has 2 amide bonds. The average molecular weight is 338 g/mol. The molecular formula is C18H30N2O4. The maximum Gasteiger partial charge on any atom is 0.311 e. The second-order valence-corrected chi connectivity index (χ2v) is 7.41. The molecule has 2 aliphatic carbocycles. The lowest BCUT2D eigenvalue weighted by Gasteiger charge is -2.33. The van der Waals surface area contributed by atoms with Gasteiger partial charge < -0.3 is 15.7 Å². The van der Waals surface area contributed by atoms with Crippen molar-refractivity contribution in [2.75, 3.05) is 13.1 Å². The van der Waals surface area contributed by atoms with Gasteiger partial charge in [0.1, 0.15) is 0 Å². The molecule has 0 bridgehead atoms. The minimum atomic E-state index is -0.833. The third kappa shape index (κ3) is 5.49. The predicted molar refractivity (Wildman–Crippen MR) is 90.4 cm³/mol. The first-order valence-electron chi connectivity index (χ1n) is 9.29. The normalized spacial score (nSPS) is 21.0. The molecule has 136 valence electrons. The molecule has 0 aromatic carbocycles. The van der Waals surface area contributed by atoms with Gasteiger partial charge >= 0.3 is 5.97 Å². The molecule has 3 N–H and O–H groups in total. The van der Waals surface area contributed by atoms with E-state index in [0.717, 1.165) is 32.1 Å². The van der Waals surface area contributed by atoms with Gasteiger partial charge in [-0.25, -0.2) is 0 Å². The van der Waals surface area contributed by atoms with Crippen LogP contribution in [0.4, 0.5) is 0 Å². The molecule has 0 radical (unpaired) electrons. The van der Waals surface area contributed by atoms with Gasteiger partial charge in [-0.1, -0.05) is 38.5 Å². The minimum Gasteiger partial charge on any atom is -0.481 e. The van der Waals surface area contributed by atoms with Crippen LogP contribution in [0.5, 0.6) is 0 Å². The fourth-order valence-corrected chi connectivity index (χ4v) is 3.93. The summed E-state index contributed by atoms with van der Waals surface area (Å²) in [6, 6.07) is 0. The molecule has 0 aromatic rings. The molecule has 0 aliphatic heterocycles. The van der Waals surface area contributed by atoms with Crippen molar-refractivity contribution in [1.82, 2.24) is 10.6 Å². The summed E-state index contributed by atoms with van der Waals surface area (Å²) in [4.78, 5) is 35.4. The summed E-state index contributed by atoms with van der Waals surface area (Å²) in [6.45, 7) is 0.0842. The molecule has 6 heteroatoms. The fourth-order valence-electron chi connectivity index (χ4n) is 3.93. The van der Waals surface area contributed by atoms with E-state index in [2.05, 4.69) is 10.6 Å². The molecule has 0 aromatic heterocycles. The Labute approximate surface area is 143 Å². The lowest BCUT2D eigenvalue weighted by molar-refractivity contribution is -0.151. The van der Waals surface area contributed by atoms with Crippen molar-refractivity contribution in [2.24, 2.45) is 11.3 Å². The van der Waals surface area contributed by atoms with Gasteiger partial charge in [0.05, 0.1) is 12.0 Å². The Morgan fingerprint density at radius 2 is 1.50 bits per heavy atom. The topological polar surface area (TPSA) is 95.5 Å². The van der Waals surface area contributed by atoms with Crippen LogP contribution in [0.2, 0.25) is 0 Å². The maximum atomic E-state index is 11.9. The molecule has 0 heterocycles. The lowest BCUT2D eigenvalue weighted by atomic mass is 9.74. The number of carboxylic acid groups (broad SMARTS) is 1. The first-order chi connectivity index (χ1) is 11.5. The second-order valence-electron chi connectivity index (χ2n) is 7.41. The van der Waals surface area contributed by atoms with Crippen LogP contribution >= 0.6 is 0 Å². The Hall–Kier alpha value is -1.59. The summed E-state index contributed by atoms with van der Waals surface area (Å²) in [5.74, 6) is -0.774. The number of carbonyl (C=O) groups is 3. The van der Waals surface area contributed by atoms with Crippen molar-refractivity contribution in [2.45, 2.75) is 70.6 Å². The molecule has 24 heavy (non-hydrogen) atoms. The zero-order valence-corrected chi connectivity index (χ0v) is 14.4. The summed E-state index contributed by atoms with van der Waals surface area (Å²) < 4.78 is 0. The van der Waals surface area contributed by atoms with E-state index >= 15 is 0 Å². The van der Waals surface area contributed by atoms with Crippen LogP contribution < -0.4 is 10.6 Å². The van der Waals surface area contributed by atoms with Gasteiger partial charge in [0, 0.05) is 13.0 Å². The first-order valence-corrected chi connectivity index (χ1v) is 9.29. The van der Waals surface area contributed by atoms with Gasteiger partial charge in [-0.15, -0.1) is 0 Å². The van der Waals surface area contributed by atoms with E-state index in [1.54, 1.807) is 0 Å². The summed E-state index contributed by atoms with van der Waals surface area (Å²) in [7, 11) is 0. The molecule has 0 saturated heterocycles. The van der Waals surface area contributed by atoms with E-state index in [4.69, 9.17) is 0 Å². The highest BCUT2D eigenvalue weighted by Crippen LogP contribution is 2.36. The summed E-state index contributed by atoms with van der Waals surface area (Å²) in [6.07, 6.45) is 10.4. The van der Waals surface area contributed by atoms with E-state index in [1.165, 1.54) is 19.3 Å². The van der Waals surface area contributed by atoms with Crippen molar-refractivity contribution in [3.63, 3.8) is 0 Å². The van der Waals surface area contributed by atoms with E-state index in [0.29, 0.717) is 25.2 Å². The number of aliphatic carboxylic acids is 1. The number of rotatable bonds is 7. The smallest absolute Gasteiger partial charge is 0.311 e. The number of hydrogen-bond acceptors (Lipinski definition) is 3. The Balaban J connectivity index is 1.68. The highest BCUT2D eigenvalue weighted by atomic mass is 16.4. The zero-order chi connectivity index (χ0) is 17.4. The quantitative estimate of drug-likeness (QED) is 0.663. The highest BCUT2D eigenvalue weighted by Gasteiger charge is 2.39. The minimum absolute atomic E-state index is 0.0682. The van der Waals surface area contributed by atoms with Crippen molar-refractivity contribution in [3.8, 4) is 0 Å². The first kappa shape index (κ1) is 18.7. The lowest BCUT2D eigenvalue weighted by Crippen LogP contribution is -2.46. The van der Waals surface area contributed by atoms with Gasteiger partial charge in [0.25, 0.3) is 0 Å². The Bertz CT molecular complexity index is 452. The number of carboxylic acids is 1. The van der Waals surface area contributed by atoms with Crippen molar-refractivity contribution < 1.29 is 19.5 Å². The van der Waals surface area contributed by atoms with Crippen molar-refractivity contribution >= 4 is 17.8 Å². The van der Waals surface area contributed by atoms with Crippen LogP contribution in [-0.2, 0) is 14.4 Å². The van der Waals surface area contributed by atoms with E-state index < -0.39 is 11.4 Å². The molecule has 2 aliphatic rings. The largest absolute Gasteiger partial charge is 0.481 e. The molecule has 0 unspecified atom stereocenters. The fraction of sp³-hybridized carbons (Fsp3) is 0.833. The second kappa shape index (κ2) is 9.04. The Morgan fingerprint density at radius 3 is 2.12 bits per heavy atom. The standard InChI is InChI=1S/C18H30N2O4/c21-15(11-14-7-3-1-4-8-14)19-12-16(22)20-13-18(17(23)24)9-5-2-6-10-18/h14H,1-13H2,(H,19,21)(H,20,22)(H,23,24). The third-order valence-corrected chi connectivity index (χ3v) is 5.53. The van der Waals surface area contributed by atoms with E-state index in [9.17, 15) is 19.5 Å². The van der Waals surface area contributed by atoms with Gasteiger partial charge in [0.15, 0.2) is 0 Å². The number of amides is 2. The highest BCUT2D eigenvalue weighted by molar-refractivity contribution is 5.85. The average Bonchev–Trinajstić information content (AvgIpc) is 2.60. The maximum absolute atomic E-state index is 11.9. The van der Waals surface area contributed by atoms with Gasteiger partial charge in [-0.05, 0) is 31.6 Å². The molecule has 0 spiro atoms. The van der Waals surface area contributed by atoms with Crippen LogP contribution in [0.15, 0.2) is 0 Å². The van der Waals surface area contributed by atoms with Crippen LogP contribution in [0.25, 0.3) is 0 Å². The monoisotopic (exact) mass is 338 g/mol. The molecule has 2 fully saturated rings. The van der Waals surface area contributed by atoms with Crippen LogP contribution in [0.3, 0.4) is 0 Å². The van der Waals surface area contributed by atoms with Crippen LogP contribution in [-0.4, -0.2) is 36.0 Å². The Morgan fingerprint density at radius 1 is 0.875 bits per heavy atom. The van der Waals surface area contributed by atoms with Crippen LogP contribution in [0, 0.1) is 11.3 Å². The van der Waals surface area contributed by atoms with Gasteiger partial charge in [-0.3, -0.25) is 14.4 Å². The number of nitrogens with one attached hydrogen (secondary N) is 2. The molecular weight excluding hydrogens is 308 g/mol. The van der Waals surface area contributed by atoms with Gasteiger partial charge in [-0.2, -0.15) is 0 Å². The number of carbonyl (C=O) groups excluding carboxylic acids is 2. The summed E-state index contributed by atoms with van der Waals surface area (Å²) >= 11 is 0. The zero-order valence-electron chi connectivity index (χ0n) is 14.4. The van der Waals surface area contributed by atoms with Gasteiger partial charge in [0.2, 0.25) is 11.8 Å². The number of hydrogen-bond donors (Lipinski definition) is 3. The molecule has 0 atom stereocenters. The van der Waals surface area contributed by atoms with Crippen LogP contribution in [0.1, 0.15) is 70.6 Å². The van der Waals surface area contributed by atoms with E-state index in [1.807, 2.05) is 0 Å². The SMILES string of the molecule is O=C(CNC(=O)CC1CCCCC1)NCC1(C(=O)O)CCCCC1. The van der Waals surface area contributed by atoms with E-state index in [-0.39, 0.29) is 24.9 Å². The molecule has 6 nitrogen and oxygen atoms in total. The summed E-state index contributed by atoms with van der Waals surface area (Å²) in [5.41, 5.74) is -0.833. The molecule has 2 rings (SSSR count). The third-order valence-electron chi connectivity index (χ3n) is 5.53.